The molecule has 1 heterocycles. The van der Waals surface area contributed by atoms with Crippen LogP contribution in [-0.4, -0.2) is 29.9 Å². The molecule has 0 radical (unpaired) electrons. The van der Waals surface area contributed by atoms with Crippen LogP contribution in [0.2, 0.25) is 5.02 Å². The first-order valence-corrected chi connectivity index (χ1v) is 6.66. The third kappa shape index (κ3) is 2.45. The summed E-state index contributed by atoms with van der Waals surface area (Å²) in [6.07, 6.45) is 0.655. The number of anilines is 1. The molecule has 0 saturated carbocycles. The van der Waals surface area contributed by atoms with Crippen LogP contribution in [0.15, 0.2) is 24.3 Å². The molecule has 0 aromatic heterocycles. The average Bonchev–Trinajstić information content (AvgIpc) is 2.55. The van der Waals surface area contributed by atoms with E-state index in [4.69, 9.17) is 11.6 Å². The molecule has 102 valence electrons. The molecule has 4 nitrogen and oxygen atoms in total. The number of halogens is 1. The first-order valence-electron chi connectivity index (χ1n) is 6.28. The Morgan fingerprint density at radius 1 is 1.26 bits per heavy atom. The molecule has 0 spiro atoms. The lowest BCUT2D eigenvalue weighted by Gasteiger charge is -2.17. The van der Waals surface area contributed by atoms with E-state index in [1.165, 1.54) is 9.80 Å². The second kappa shape index (κ2) is 5.21. The summed E-state index contributed by atoms with van der Waals surface area (Å²) in [7, 11) is 1.66. The molecule has 1 aliphatic rings. The van der Waals surface area contributed by atoms with Crippen molar-refractivity contribution >= 4 is 29.2 Å². The number of likely N-dealkylation sites (N-methyl/N-ethyl adjacent to an activating group) is 1. The highest BCUT2D eigenvalue weighted by Crippen LogP contribution is 2.32. The Morgan fingerprint density at radius 2 is 1.89 bits per heavy atom. The van der Waals surface area contributed by atoms with Gasteiger partial charge in [0.15, 0.2) is 0 Å². The summed E-state index contributed by atoms with van der Waals surface area (Å²) in [5.74, 6) is 0.143. The van der Waals surface area contributed by atoms with Crippen LogP contribution >= 0.6 is 11.6 Å². The number of benzene rings is 1. The SMILES string of the molecule is CC(C)C[C@@H]1C(=O)N(c2ccccc2Cl)C(=O)N1C. The molecule has 1 fully saturated rings. The number of para-hydroxylation sites is 1. The van der Waals surface area contributed by atoms with E-state index in [9.17, 15) is 9.59 Å². The third-order valence-corrected chi connectivity index (χ3v) is 3.57. The van der Waals surface area contributed by atoms with Gasteiger partial charge in [-0.15, -0.1) is 0 Å². The van der Waals surface area contributed by atoms with Crippen molar-refractivity contribution in [3.8, 4) is 0 Å². The van der Waals surface area contributed by atoms with Gasteiger partial charge < -0.3 is 4.90 Å². The highest BCUT2D eigenvalue weighted by atomic mass is 35.5. The van der Waals surface area contributed by atoms with Crippen LogP contribution in [0, 0.1) is 5.92 Å². The Bertz CT molecular complexity index is 516. The zero-order valence-corrected chi connectivity index (χ0v) is 12.0. The summed E-state index contributed by atoms with van der Waals surface area (Å²) in [6.45, 7) is 4.06. The molecule has 0 unspecified atom stereocenters. The number of hydrogen-bond acceptors (Lipinski definition) is 2. The van der Waals surface area contributed by atoms with Crippen molar-refractivity contribution < 1.29 is 9.59 Å². The molecule has 1 aromatic carbocycles. The van der Waals surface area contributed by atoms with Gasteiger partial charge in [0.05, 0.1) is 10.7 Å². The predicted octanol–water partition coefficient (Wildman–Crippen LogP) is 3.15. The highest BCUT2D eigenvalue weighted by Gasteiger charge is 2.44. The second-order valence-corrected chi connectivity index (χ2v) is 5.57. The Labute approximate surface area is 117 Å². The van der Waals surface area contributed by atoms with Gasteiger partial charge in [0.1, 0.15) is 6.04 Å². The van der Waals surface area contributed by atoms with E-state index >= 15 is 0 Å². The quantitative estimate of drug-likeness (QED) is 0.798. The van der Waals surface area contributed by atoms with Crippen LogP contribution in [0.1, 0.15) is 20.3 Å². The Balaban J connectivity index is 2.35. The summed E-state index contributed by atoms with van der Waals surface area (Å²) in [5, 5.41) is 0.405. The molecule has 0 bridgehead atoms. The molecular formula is C14H17ClN2O2. The topological polar surface area (TPSA) is 40.6 Å². The molecule has 2 rings (SSSR count). The molecule has 0 aliphatic carbocycles. The smallest absolute Gasteiger partial charge is 0.315 e. The number of rotatable bonds is 3. The van der Waals surface area contributed by atoms with E-state index in [0.29, 0.717) is 23.0 Å². The zero-order valence-electron chi connectivity index (χ0n) is 11.3. The van der Waals surface area contributed by atoms with Gasteiger partial charge in [-0.2, -0.15) is 0 Å². The molecule has 0 N–H and O–H groups in total. The minimum Gasteiger partial charge on any atom is -0.315 e. The van der Waals surface area contributed by atoms with Crippen LogP contribution in [0.3, 0.4) is 0 Å². The number of hydrogen-bond donors (Lipinski definition) is 0. The van der Waals surface area contributed by atoms with Gasteiger partial charge in [0, 0.05) is 7.05 Å². The number of carbonyl (C=O) groups excluding carboxylic acids is 2. The largest absolute Gasteiger partial charge is 0.331 e. The molecule has 3 amide bonds. The third-order valence-electron chi connectivity index (χ3n) is 3.25. The van der Waals surface area contributed by atoms with Crippen molar-refractivity contribution in [1.29, 1.82) is 0 Å². The molecule has 1 aromatic rings. The van der Waals surface area contributed by atoms with E-state index < -0.39 is 6.04 Å². The van der Waals surface area contributed by atoms with E-state index in [0.717, 1.165) is 0 Å². The van der Waals surface area contributed by atoms with Gasteiger partial charge >= 0.3 is 6.03 Å². The lowest BCUT2D eigenvalue weighted by atomic mass is 10.0. The van der Waals surface area contributed by atoms with E-state index in [1.54, 1.807) is 31.3 Å². The molecule has 19 heavy (non-hydrogen) atoms. The van der Waals surface area contributed by atoms with Crippen molar-refractivity contribution in [2.45, 2.75) is 26.3 Å². The van der Waals surface area contributed by atoms with Crippen LogP contribution < -0.4 is 4.90 Å². The molecule has 1 atom stereocenters. The van der Waals surface area contributed by atoms with E-state index in [1.807, 2.05) is 13.8 Å². The first kappa shape index (κ1) is 13.9. The van der Waals surface area contributed by atoms with Gasteiger partial charge in [-0.3, -0.25) is 4.79 Å². The van der Waals surface area contributed by atoms with Crippen LogP contribution in [0.4, 0.5) is 10.5 Å². The van der Waals surface area contributed by atoms with E-state index in [-0.39, 0.29) is 11.9 Å². The summed E-state index contributed by atoms with van der Waals surface area (Å²) in [5.41, 5.74) is 0.456. The lowest BCUT2D eigenvalue weighted by Crippen LogP contribution is -2.32. The van der Waals surface area contributed by atoms with Crippen LogP contribution in [0.25, 0.3) is 0 Å². The fourth-order valence-corrected chi connectivity index (χ4v) is 2.48. The fraction of sp³-hybridized carbons (Fsp3) is 0.429. The molecular weight excluding hydrogens is 264 g/mol. The van der Waals surface area contributed by atoms with Gasteiger partial charge in [-0.25, -0.2) is 9.69 Å². The number of imide groups is 1. The molecule has 5 heteroatoms. The van der Waals surface area contributed by atoms with Crippen LogP contribution in [0.5, 0.6) is 0 Å². The standard InChI is InChI=1S/C14H17ClN2O2/c1-9(2)8-12-13(18)17(14(19)16(12)3)11-7-5-4-6-10(11)15/h4-7,9,12H,8H2,1-3H3/t12-/m1/s1. The van der Waals surface area contributed by atoms with Gasteiger partial charge in [-0.05, 0) is 24.5 Å². The minimum atomic E-state index is -0.399. The van der Waals surface area contributed by atoms with Crippen LogP contribution in [-0.2, 0) is 4.79 Å². The van der Waals surface area contributed by atoms with Crippen molar-refractivity contribution in [2.24, 2.45) is 5.92 Å². The number of nitrogens with zero attached hydrogens (tertiary/aromatic N) is 2. The fourth-order valence-electron chi connectivity index (χ4n) is 2.26. The number of urea groups is 1. The number of carbonyl (C=O) groups is 2. The van der Waals surface area contributed by atoms with Gasteiger partial charge in [-0.1, -0.05) is 37.6 Å². The predicted molar refractivity (Wildman–Crippen MR) is 75.3 cm³/mol. The highest BCUT2D eigenvalue weighted by molar-refractivity contribution is 6.35. The van der Waals surface area contributed by atoms with Crippen molar-refractivity contribution in [3.05, 3.63) is 29.3 Å². The second-order valence-electron chi connectivity index (χ2n) is 5.16. The van der Waals surface area contributed by atoms with Crippen molar-refractivity contribution in [3.63, 3.8) is 0 Å². The summed E-state index contributed by atoms with van der Waals surface area (Å²) in [6, 6.07) is 6.17. The van der Waals surface area contributed by atoms with Gasteiger partial charge in [0.25, 0.3) is 5.91 Å². The van der Waals surface area contributed by atoms with Crippen molar-refractivity contribution in [2.75, 3.05) is 11.9 Å². The Morgan fingerprint density at radius 3 is 2.47 bits per heavy atom. The maximum absolute atomic E-state index is 12.4. The molecule has 1 saturated heterocycles. The van der Waals surface area contributed by atoms with E-state index in [2.05, 4.69) is 0 Å². The summed E-state index contributed by atoms with van der Waals surface area (Å²) < 4.78 is 0. The molecule has 1 aliphatic heterocycles. The maximum Gasteiger partial charge on any atom is 0.331 e. The zero-order chi connectivity index (χ0) is 14.2. The first-order chi connectivity index (χ1) is 8.93. The normalized spacial score (nSPS) is 19.7. The summed E-state index contributed by atoms with van der Waals surface area (Å²) in [4.78, 5) is 27.3. The lowest BCUT2D eigenvalue weighted by molar-refractivity contribution is -0.119. The minimum absolute atomic E-state index is 0.200. The van der Waals surface area contributed by atoms with Gasteiger partial charge in [0.2, 0.25) is 0 Å². The monoisotopic (exact) mass is 280 g/mol. The summed E-state index contributed by atoms with van der Waals surface area (Å²) >= 11 is 6.07. The average molecular weight is 281 g/mol. The van der Waals surface area contributed by atoms with Crippen molar-refractivity contribution in [1.82, 2.24) is 4.90 Å². The Kier molecular flexibility index (Phi) is 3.80. The Hall–Kier alpha value is -1.55. The maximum atomic E-state index is 12.4. The number of amides is 3.